The summed E-state index contributed by atoms with van der Waals surface area (Å²) in [5.74, 6) is 1.61. The highest BCUT2D eigenvalue weighted by molar-refractivity contribution is 5.20. The number of ether oxygens (including phenoxy) is 2. The van der Waals surface area contributed by atoms with Crippen LogP contribution in [0.5, 0.6) is 5.75 Å². The van der Waals surface area contributed by atoms with Gasteiger partial charge in [0, 0.05) is 6.92 Å². The molecule has 0 aromatic heterocycles. The predicted molar refractivity (Wildman–Crippen MR) is 92.9 cm³/mol. The van der Waals surface area contributed by atoms with Crippen molar-refractivity contribution in [1.29, 1.82) is 0 Å². The van der Waals surface area contributed by atoms with E-state index in [0.717, 1.165) is 29.1 Å². The topological polar surface area (TPSA) is 18.5 Å². The van der Waals surface area contributed by atoms with E-state index in [9.17, 15) is 0 Å². The van der Waals surface area contributed by atoms with Gasteiger partial charge in [-0.2, -0.15) is 0 Å². The summed E-state index contributed by atoms with van der Waals surface area (Å²) in [5.41, 5.74) is 0. The van der Waals surface area contributed by atoms with Gasteiger partial charge in [-0.25, -0.2) is 0 Å². The minimum Gasteiger partial charge on any atom is -0.491 e. The normalized spacial score (nSPS) is 13.7. The smallest absolute Gasteiger partial charge is 0.190 e. The van der Waals surface area contributed by atoms with Crippen molar-refractivity contribution in [2.24, 2.45) is 5.92 Å². The number of hydrogen-bond donors (Lipinski definition) is 0. The molecule has 1 aromatic carbocycles. The SMILES string of the molecule is CC(C)CC=CC[N+](C)(C)C(C)OCCOc1ccccc1. The minimum absolute atomic E-state index is 0.142. The number of benzene rings is 1. The van der Waals surface area contributed by atoms with E-state index in [-0.39, 0.29) is 6.23 Å². The summed E-state index contributed by atoms with van der Waals surface area (Å²) in [5, 5.41) is 0. The van der Waals surface area contributed by atoms with E-state index < -0.39 is 0 Å². The van der Waals surface area contributed by atoms with Crippen LogP contribution in [0.2, 0.25) is 0 Å². The molecular weight excluding hydrogens is 274 g/mol. The van der Waals surface area contributed by atoms with Crippen molar-refractivity contribution in [3.05, 3.63) is 42.5 Å². The van der Waals surface area contributed by atoms with Gasteiger partial charge in [-0.15, -0.1) is 0 Å². The van der Waals surface area contributed by atoms with E-state index in [1.54, 1.807) is 0 Å². The Labute approximate surface area is 136 Å². The maximum absolute atomic E-state index is 5.92. The molecule has 0 fully saturated rings. The van der Waals surface area contributed by atoms with E-state index in [1.807, 2.05) is 30.3 Å². The Morgan fingerprint density at radius 2 is 1.68 bits per heavy atom. The first-order valence-corrected chi connectivity index (χ1v) is 8.19. The van der Waals surface area contributed by atoms with E-state index in [2.05, 4.69) is 47.0 Å². The molecule has 0 heterocycles. The van der Waals surface area contributed by atoms with Crippen LogP contribution in [0.4, 0.5) is 0 Å². The first-order valence-electron chi connectivity index (χ1n) is 8.19. The molecule has 1 atom stereocenters. The van der Waals surface area contributed by atoms with Crippen LogP contribution in [0.1, 0.15) is 27.2 Å². The second-order valence-corrected chi connectivity index (χ2v) is 6.69. The first kappa shape index (κ1) is 18.7. The lowest BCUT2D eigenvalue weighted by Gasteiger charge is -2.34. The Morgan fingerprint density at radius 3 is 2.32 bits per heavy atom. The third kappa shape index (κ3) is 7.62. The van der Waals surface area contributed by atoms with Crippen LogP contribution >= 0.6 is 0 Å². The first-order chi connectivity index (χ1) is 10.4. The second-order valence-electron chi connectivity index (χ2n) is 6.69. The number of para-hydroxylation sites is 1. The maximum Gasteiger partial charge on any atom is 0.190 e. The standard InChI is InChI=1S/C19H32NO2/c1-17(2)11-9-10-14-20(4,5)18(3)21-15-16-22-19-12-7-6-8-13-19/h6-10,12-13,17-18H,11,14-16H2,1-5H3/q+1. The summed E-state index contributed by atoms with van der Waals surface area (Å²) in [6.45, 7) is 8.77. The molecule has 1 aromatic rings. The van der Waals surface area contributed by atoms with Gasteiger partial charge < -0.3 is 14.0 Å². The molecular formula is C19H32NO2+. The van der Waals surface area contributed by atoms with Gasteiger partial charge in [-0.3, -0.25) is 0 Å². The predicted octanol–water partition coefficient (Wildman–Crippen LogP) is 4.11. The molecule has 22 heavy (non-hydrogen) atoms. The number of allylic oxidation sites excluding steroid dienone is 1. The quantitative estimate of drug-likeness (QED) is 0.280. The average Bonchev–Trinajstić information content (AvgIpc) is 2.49. The van der Waals surface area contributed by atoms with Crippen molar-refractivity contribution in [3.63, 3.8) is 0 Å². The molecule has 124 valence electrons. The molecule has 3 nitrogen and oxygen atoms in total. The van der Waals surface area contributed by atoms with Crippen molar-refractivity contribution in [3.8, 4) is 5.75 Å². The van der Waals surface area contributed by atoms with E-state index in [4.69, 9.17) is 9.47 Å². The van der Waals surface area contributed by atoms with Crippen LogP contribution in [0.25, 0.3) is 0 Å². The average molecular weight is 306 g/mol. The van der Waals surface area contributed by atoms with Gasteiger partial charge in [0.05, 0.1) is 27.2 Å². The molecule has 0 saturated carbocycles. The molecule has 0 radical (unpaired) electrons. The van der Waals surface area contributed by atoms with Crippen molar-refractivity contribution in [1.82, 2.24) is 0 Å². The number of rotatable bonds is 10. The van der Waals surface area contributed by atoms with Gasteiger partial charge in [0.15, 0.2) is 6.23 Å². The number of nitrogens with zero attached hydrogens (tertiary/aromatic N) is 1. The van der Waals surface area contributed by atoms with E-state index in [1.165, 1.54) is 0 Å². The summed E-state index contributed by atoms with van der Waals surface area (Å²) >= 11 is 0. The Morgan fingerprint density at radius 1 is 1.00 bits per heavy atom. The van der Waals surface area contributed by atoms with Crippen molar-refractivity contribution >= 4 is 0 Å². The van der Waals surface area contributed by atoms with Gasteiger partial charge in [0.25, 0.3) is 0 Å². The Kier molecular flexibility index (Phi) is 8.21. The van der Waals surface area contributed by atoms with Crippen LogP contribution in [-0.2, 0) is 4.74 Å². The van der Waals surface area contributed by atoms with Crippen LogP contribution in [0, 0.1) is 5.92 Å². The molecule has 0 spiro atoms. The fraction of sp³-hybridized carbons (Fsp3) is 0.579. The van der Waals surface area contributed by atoms with Gasteiger partial charge >= 0.3 is 0 Å². The third-order valence-corrected chi connectivity index (χ3v) is 3.79. The van der Waals surface area contributed by atoms with Crippen LogP contribution in [0.15, 0.2) is 42.5 Å². The molecule has 0 amide bonds. The zero-order valence-corrected chi connectivity index (χ0v) is 14.8. The lowest BCUT2D eigenvalue weighted by atomic mass is 10.1. The summed E-state index contributed by atoms with van der Waals surface area (Å²) in [7, 11) is 4.39. The molecule has 0 aliphatic carbocycles. The molecule has 1 rings (SSSR count). The lowest BCUT2D eigenvalue weighted by molar-refractivity contribution is -0.930. The third-order valence-electron chi connectivity index (χ3n) is 3.79. The Hall–Kier alpha value is -1.32. The van der Waals surface area contributed by atoms with Gasteiger partial charge in [0.2, 0.25) is 0 Å². The molecule has 0 N–H and O–H groups in total. The second kappa shape index (κ2) is 9.65. The van der Waals surface area contributed by atoms with E-state index in [0.29, 0.717) is 13.2 Å². The minimum atomic E-state index is 0.142. The van der Waals surface area contributed by atoms with Crippen LogP contribution in [0.3, 0.4) is 0 Å². The van der Waals surface area contributed by atoms with Crippen molar-refractivity contribution < 1.29 is 14.0 Å². The van der Waals surface area contributed by atoms with Crippen LogP contribution < -0.4 is 4.74 Å². The summed E-state index contributed by atoms with van der Waals surface area (Å²) < 4.78 is 12.4. The zero-order chi connectivity index (χ0) is 16.4. The number of quaternary nitrogens is 1. The van der Waals surface area contributed by atoms with Gasteiger partial charge in [-0.1, -0.05) is 38.1 Å². The number of likely N-dealkylation sites (N-methyl/N-ethyl adjacent to an activating group) is 1. The van der Waals surface area contributed by atoms with Crippen molar-refractivity contribution in [2.75, 3.05) is 33.9 Å². The Balaban J connectivity index is 2.24. The van der Waals surface area contributed by atoms with Gasteiger partial charge in [-0.05, 0) is 30.5 Å². The highest BCUT2D eigenvalue weighted by atomic mass is 16.5. The summed E-state index contributed by atoms with van der Waals surface area (Å²) in [4.78, 5) is 0. The van der Waals surface area contributed by atoms with Crippen molar-refractivity contribution in [2.45, 2.75) is 33.4 Å². The highest BCUT2D eigenvalue weighted by Gasteiger charge is 2.22. The monoisotopic (exact) mass is 306 g/mol. The molecule has 0 saturated heterocycles. The highest BCUT2D eigenvalue weighted by Crippen LogP contribution is 2.11. The Bertz CT molecular complexity index is 426. The maximum atomic E-state index is 5.92. The zero-order valence-electron chi connectivity index (χ0n) is 14.8. The fourth-order valence-electron chi connectivity index (χ4n) is 1.96. The number of hydrogen-bond acceptors (Lipinski definition) is 2. The largest absolute Gasteiger partial charge is 0.491 e. The molecule has 0 bridgehead atoms. The van der Waals surface area contributed by atoms with Crippen LogP contribution in [-0.4, -0.2) is 44.6 Å². The summed E-state index contributed by atoms with van der Waals surface area (Å²) in [6, 6.07) is 9.86. The molecule has 0 aliphatic heterocycles. The molecule has 0 aliphatic rings. The fourth-order valence-corrected chi connectivity index (χ4v) is 1.96. The van der Waals surface area contributed by atoms with Gasteiger partial charge in [0.1, 0.15) is 12.4 Å². The molecule has 3 heteroatoms. The summed E-state index contributed by atoms with van der Waals surface area (Å²) in [6.07, 6.45) is 5.82. The van der Waals surface area contributed by atoms with E-state index >= 15 is 0 Å². The lowest BCUT2D eigenvalue weighted by Crippen LogP contribution is -2.49. The molecule has 1 unspecified atom stereocenters.